The number of hydrogen-bond donors (Lipinski definition) is 2. The van der Waals surface area contributed by atoms with Crippen molar-refractivity contribution < 1.29 is 5.11 Å². The third-order valence-corrected chi connectivity index (χ3v) is 5.66. The minimum Gasteiger partial charge on any atom is -0.508 e. The van der Waals surface area contributed by atoms with Crippen LogP contribution in [0, 0.1) is 0 Å². The van der Waals surface area contributed by atoms with Crippen molar-refractivity contribution >= 4 is 24.1 Å². The molecule has 2 fully saturated rings. The summed E-state index contributed by atoms with van der Waals surface area (Å²) >= 11 is 0. The molecule has 2 N–H and O–H groups in total. The van der Waals surface area contributed by atoms with Gasteiger partial charge in [-0.3, -0.25) is 0 Å². The average molecular weight is 410 g/mol. The predicted molar refractivity (Wildman–Crippen MR) is 121 cm³/mol. The first-order chi connectivity index (χ1) is 14.8. The van der Waals surface area contributed by atoms with Crippen molar-refractivity contribution in [2.24, 2.45) is 5.10 Å². The second-order valence-corrected chi connectivity index (χ2v) is 8.02. The monoisotopic (exact) mass is 409 g/mol. The van der Waals surface area contributed by atoms with E-state index >= 15 is 0 Å². The fourth-order valence-corrected chi connectivity index (χ4v) is 3.95. The van der Waals surface area contributed by atoms with Gasteiger partial charge in [0.15, 0.2) is 0 Å². The minimum absolute atomic E-state index is 0.238. The molecular formula is C22H31N7O. The number of benzene rings is 1. The third-order valence-electron chi connectivity index (χ3n) is 5.66. The molecule has 0 saturated carbocycles. The molecule has 1 aromatic carbocycles. The van der Waals surface area contributed by atoms with Crippen molar-refractivity contribution in [3.05, 3.63) is 29.8 Å². The van der Waals surface area contributed by atoms with E-state index in [0.29, 0.717) is 5.95 Å². The molecule has 0 spiro atoms. The summed E-state index contributed by atoms with van der Waals surface area (Å²) in [6.45, 7) is 3.94. The fraction of sp³-hybridized carbons (Fsp3) is 0.545. The van der Waals surface area contributed by atoms with E-state index in [4.69, 9.17) is 4.98 Å². The summed E-state index contributed by atoms with van der Waals surface area (Å²) in [4.78, 5) is 18.8. The van der Waals surface area contributed by atoms with Crippen LogP contribution in [0.15, 0.2) is 29.4 Å². The number of phenols is 1. The molecule has 8 nitrogen and oxygen atoms in total. The van der Waals surface area contributed by atoms with Crippen LogP contribution in [0.1, 0.15) is 56.9 Å². The van der Waals surface area contributed by atoms with Crippen LogP contribution in [0.2, 0.25) is 0 Å². The molecule has 2 saturated heterocycles. The maximum atomic E-state index is 9.41. The van der Waals surface area contributed by atoms with Crippen molar-refractivity contribution in [3.63, 3.8) is 0 Å². The molecule has 2 aliphatic rings. The number of nitrogens with one attached hydrogen (secondary N) is 1. The largest absolute Gasteiger partial charge is 0.508 e. The Morgan fingerprint density at radius 1 is 0.733 bits per heavy atom. The second kappa shape index (κ2) is 10.2. The molecule has 0 bridgehead atoms. The van der Waals surface area contributed by atoms with Crippen LogP contribution in [-0.2, 0) is 0 Å². The highest BCUT2D eigenvalue weighted by molar-refractivity contribution is 5.80. The molecular weight excluding hydrogens is 378 g/mol. The number of anilines is 3. The van der Waals surface area contributed by atoms with Crippen LogP contribution in [0.5, 0.6) is 5.75 Å². The summed E-state index contributed by atoms with van der Waals surface area (Å²) in [6, 6.07) is 6.89. The first-order valence-electron chi connectivity index (χ1n) is 11.1. The van der Waals surface area contributed by atoms with Gasteiger partial charge in [-0.05, 0) is 55.5 Å². The van der Waals surface area contributed by atoms with E-state index in [1.165, 1.54) is 51.4 Å². The van der Waals surface area contributed by atoms with Crippen molar-refractivity contribution in [1.82, 2.24) is 15.0 Å². The lowest BCUT2D eigenvalue weighted by Crippen LogP contribution is -2.30. The van der Waals surface area contributed by atoms with Crippen LogP contribution in [0.3, 0.4) is 0 Å². The normalized spacial score (nSPS) is 18.3. The van der Waals surface area contributed by atoms with Crippen molar-refractivity contribution in [1.29, 1.82) is 0 Å². The smallest absolute Gasteiger partial charge is 0.250 e. The van der Waals surface area contributed by atoms with Crippen molar-refractivity contribution in [2.45, 2.75) is 51.4 Å². The van der Waals surface area contributed by atoms with E-state index in [2.05, 4.69) is 30.3 Å². The Labute approximate surface area is 178 Å². The van der Waals surface area contributed by atoms with Crippen LogP contribution in [0.25, 0.3) is 0 Å². The van der Waals surface area contributed by atoms with E-state index in [-0.39, 0.29) is 5.75 Å². The average Bonchev–Trinajstić information content (AvgIpc) is 3.21. The molecule has 8 heteroatoms. The van der Waals surface area contributed by atoms with E-state index < -0.39 is 0 Å². The maximum absolute atomic E-state index is 9.41. The molecule has 160 valence electrons. The number of aromatic nitrogens is 3. The molecule has 0 atom stereocenters. The summed E-state index contributed by atoms with van der Waals surface area (Å²) in [6.07, 6.45) is 11.5. The van der Waals surface area contributed by atoms with Crippen LogP contribution >= 0.6 is 0 Å². The van der Waals surface area contributed by atoms with Gasteiger partial charge >= 0.3 is 0 Å². The van der Waals surface area contributed by atoms with Crippen molar-refractivity contribution in [3.8, 4) is 5.75 Å². The molecule has 0 aliphatic carbocycles. The Balaban J connectivity index is 1.56. The number of hydrazone groups is 1. The van der Waals surface area contributed by atoms with E-state index in [1.54, 1.807) is 30.5 Å². The lowest BCUT2D eigenvalue weighted by atomic mass is 10.2. The molecule has 1 aromatic heterocycles. The summed E-state index contributed by atoms with van der Waals surface area (Å²) < 4.78 is 0. The Bertz CT molecular complexity index is 786. The molecule has 0 radical (unpaired) electrons. The summed E-state index contributed by atoms with van der Waals surface area (Å²) in [7, 11) is 0. The summed E-state index contributed by atoms with van der Waals surface area (Å²) in [5, 5.41) is 13.7. The standard InChI is InChI=1S/C22H31N7O/c30-19-11-9-18(10-12-19)17-23-27-20-24-21(28-13-5-1-2-6-14-28)26-22(25-20)29-15-7-3-4-8-16-29/h9-12,17,30H,1-8,13-16H2,(H,24,25,26,27). The second-order valence-electron chi connectivity index (χ2n) is 8.02. The first-order valence-corrected chi connectivity index (χ1v) is 11.1. The fourth-order valence-electron chi connectivity index (χ4n) is 3.95. The Morgan fingerprint density at radius 3 is 1.73 bits per heavy atom. The first kappa shape index (κ1) is 20.4. The highest BCUT2D eigenvalue weighted by Gasteiger charge is 2.19. The maximum Gasteiger partial charge on any atom is 0.250 e. The topological polar surface area (TPSA) is 89.8 Å². The molecule has 0 amide bonds. The van der Waals surface area contributed by atoms with Gasteiger partial charge in [0.05, 0.1) is 6.21 Å². The summed E-state index contributed by atoms with van der Waals surface area (Å²) in [5.41, 5.74) is 3.87. The number of nitrogens with zero attached hydrogens (tertiary/aromatic N) is 6. The third kappa shape index (κ3) is 5.58. The molecule has 30 heavy (non-hydrogen) atoms. The molecule has 3 heterocycles. The van der Waals surface area contributed by atoms with E-state index in [1.807, 2.05) is 0 Å². The Hall–Kier alpha value is -2.90. The molecule has 2 aromatic rings. The van der Waals surface area contributed by atoms with E-state index in [0.717, 1.165) is 43.6 Å². The Kier molecular flexibility index (Phi) is 6.95. The zero-order chi connectivity index (χ0) is 20.6. The van der Waals surface area contributed by atoms with Gasteiger partial charge in [-0.25, -0.2) is 5.43 Å². The lowest BCUT2D eigenvalue weighted by molar-refractivity contribution is 0.475. The van der Waals surface area contributed by atoms with Gasteiger partial charge in [0.1, 0.15) is 5.75 Å². The minimum atomic E-state index is 0.238. The highest BCUT2D eigenvalue weighted by Crippen LogP contribution is 2.22. The Morgan fingerprint density at radius 2 is 1.23 bits per heavy atom. The number of aromatic hydroxyl groups is 1. The number of phenolic OH excluding ortho intramolecular Hbond substituents is 1. The molecule has 0 unspecified atom stereocenters. The number of hydrogen-bond acceptors (Lipinski definition) is 8. The van der Waals surface area contributed by atoms with Gasteiger partial charge in [-0.15, -0.1) is 0 Å². The van der Waals surface area contributed by atoms with Crippen molar-refractivity contribution in [2.75, 3.05) is 41.4 Å². The predicted octanol–water partition coefficient (Wildman–Crippen LogP) is 3.78. The van der Waals surface area contributed by atoms with Gasteiger partial charge < -0.3 is 14.9 Å². The SMILES string of the molecule is Oc1ccc(C=NNc2nc(N3CCCCCC3)nc(N3CCCCCC3)n2)cc1. The lowest BCUT2D eigenvalue weighted by Gasteiger charge is -2.24. The number of rotatable bonds is 5. The highest BCUT2D eigenvalue weighted by atomic mass is 16.3. The van der Waals surface area contributed by atoms with Gasteiger partial charge in [0, 0.05) is 26.2 Å². The quantitative estimate of drug-likeness (QED) is 0.574. The van der Waals surface area contributed by atoms with Gasteiger partial charge in [-0.1, -0.05) is 25.7 Å². The zero-order valence-corrected chi connectivity index (χ0v) is 17.5. The van der Waals surface area contributed by atoms with Crippen LogP contribution < -0.4 is 15.2 Å². The van der Waals surface area contributed by atoms with Crippen LogP contribution in [0.4, 0.5) is 17.8 Å². The van der Waals surface area contributed by atoms with E-state index in [9.17, 15) is 5.11 Å². The van der Waals surface area contributed by atoms with Gasteiger partial charge in [0.25, 0.3) is 0 Å². The van der Waals surface area contributed by atoms with Gasteiger partial charge in [-0.2, -0.15) is 20.1 Å². The molecule has 4 rings (SSSR count). The molecule has 2 aliphatic heterocycles. The van der Waals surface area contributed by atoms with Crippen LogP contribution in [-0.4, -0.2) is 52.5 Å². The zero-order valence-electron chi connectivity index (χ0n) is 17.5. The summed E-state index contributed by atoms with van der Waals surface area (Å²) in [5.74, 6) is 2.20. The van der Waals surface area contributed by atoms with Gasteiger partial charge in [0.2, 0.25) is 17.8 Å².